The topological polar surface area (TPSA) is 0 Å². The second kappa shape index (κ2) is 3.35. The van der Waals surface area contributed by atoms with Gasteiger partial charge in [-0.25, -0.2) is 0 Å². The largest absolute Gasteiger partial charge is 0.136 e. The first-order valence-electron chi connectivity index (χ1n) is 3.11. The van der Waals surface area contributed by atoms with Crippen LogP contribution < -0.4 is 0 Å². The molecule has 2 heteroatoms. The lowest BCUT2D eigenvalue weighted by Crippen LogP contribution is -1.69. The van der Waals surface area contributed by atoms with E-state index in [4.69, 9.17) is 0 Å². The molecule has 1 rings (SSSR count). The van der Waals surface area contributed by atoms with E-state index in [1.54, 1.807) is 11.3 Å². The molecule has 1 heterocycles. The Hall–Kier alpha value is -0.0800. The van der Waals surface area contributed by atoms with Gasteiger partial charge in [-0.15, -0.1) is 11.3 Å². The molecule has 0 saturated heterocycles. The van der Waals surface area contributed by atoms with Crippen molar-refractivity contribution in [2.45, 2.75) is 13.8 Å². The molecule has 1 aromatic rings. The van der Waals surface area contributed by atoms with E-state index in [9.17, 15) is 0 Å². The maximum Gasteiger partial charge on any atom is 0.0704 e. The van der Waals surface area contributed by atoms with Crippen molar-refractivity contribution in [1.29, 1.82) is 0 Å². The van der Waals surface area contributed by atoms with Gasteiger partial charge in [0.1, 0.15) is 0 Å². The molecular weight excluding hydrogens is 208 g/mol. The van der Waals surface area contributed by atoms with Gasteiger partial charge in [-0.1, -0.05) is 6.08 Å². The molecule has 0 saturated carbocycles. The fraction of sp³-hybridized carbons (Fsp3) is 0.250. The zero-order chi connectivity index (χ0) is 7.56. The van der Waals surface area contributed by atoms with Gasteiger partial charge in [0.2, 0.25) is 0 Å². The summed E-state index contributed by atoms with van der Waals surface area (Å²) in [4.78, 5) is 0. The summed E-state index contributed by atoms with van der Waals surface area (Å²) in [5, 5.41) is 2.15. The van der Waals surface area contributed by atoms with E-state index in [0.717, 1.165) is 0 Å². The second-order valence-corrected chi connectivity index (χ2v) is 4.40. The molecule has 0 spiro atoms. The first-order chi connectivity index (χ1) is 4.74. The molecule has 0 atom stereocenters. The fourth-order valence-electron chi connectivity index (χ4n) is 0.684. The van der Waals surface area contributed by atoms with Crippen LogP contribution in [0.4, 0.5) is 0 Å². The van der Waals surface area contributed by atoms with Crippen molar-refractivity contribution in [3.05, 3.63) is 26.9 Å². The summed E-state index contributed by atoms with van der Waals surface area (Å²) in [5.74, 6) is 0. The molecule has 0 aromatic carbocycles. The average molecular weight is 217 g/mol. The Kier molecular flexibility index (Phi) is 2.69. The highest BCUT2D eigenvalue weighted by molar-refractivity contribution is 9.11. The van der Waals surface area contributed by atoms with Crippen LogP contribution in [0.25, 0.3) is 5.57 Å². The van der Waals surface area contributed by atoms with Gasteiger partial charge >= 0.3 is 0 Å². The van der Waals surface area contributed by atoms with Crippen LogP contribution >= 0.6 is 27.3 Å². The monoisotopic (exact) mass is 216 g/mol. The highest BCUT2D eigenvalue weighted by atomic mass is 79.9. The summed E-state index contributed by atoms with van der Waals surface area (Å²) in [6.07, 6.45) is 2.12. The maximum atomic E-state index is 3.42. The van der Waals surface area contributed by atoms with E-state index in [0.29, 0.717) is 0 Å². The highest BCUT2D eigenvalue weighted by Gasteiger charge is 1.96. The van der Waals surface area contributed by atoms with Crippen LogP contribution in [0, 0.1) is 0 Å². The molecule has 0 unspecified atom stereocenters. The number of halogens is 1. The molecule has 0 nitrogen and oxygen atoms in total. The van der Waals surface area contributed by atoms with E-state index in [1.165, 1.54) is 14.9 Å². The molecule has 0 aliphatic carbocycles. The number of hydrogen-bond donors (Lipinski definition) is 0. The number of hydrogen-bond acceptors (Lipinski definition) is 1. The van der Waals surface area contributed by atoms with Gasteiger partial charge in [0.05, 0.1) is 3.79 Å². The molecule has 10 heavy (non-hydrogen) atoms. The highest BCUT2D eigenvalue weighted by Crippen LogP contribution is 2.25. The summed E-state index contributed by atoms with van der Waals surface area (Å²) in [5.41, 5.74) is 2.65. The van der Waals surface area contributed by atoms with E-state index in [2.05, 4.69) is 47.3 Å². The van der Waals surface area contributed by atoms with Crippen LogP contribution in [-0.4, -0.2) is 0 Å². The molecular formula is C8H9BrS. The first-order valence-corrected chi connectivity index (χ1v) is 4.78. The van der Waals surface area contributed by atoms with Crippen molar-refractivity contribution in [1.82, 2.24) is 0 Å². The lowest BCUT2D eigenvalue weighted by molar-refractivity contribution is 1.60. The first kappa shape index (κ1) is 8.02. The predicted octanol–water partition coefficient (Wildman–Crippen LogP) is 3.93. The van der Waals surface area contributed by atoms with Crippen LogP contribution in [0.3, 0.4) is 0 Å². The summed E-state index contributed by atoms with van der Waals surface area (Å²) in [7, 11) is 0. The van der Waals surface area contributed by atoms with Gasteiger partial charge in [-0.05, 0) is 52.4 Å². The minimum atomic E-state index is 1.20. The average Bonchev–Trinajstić information content (AvgIpc) is 2.34. The fourth-order valence-corrected chi connectivity index (χ4v) is 1.90. The van der Waals surface area contributed by atoms with Gasteiger partial charge in [0.15, 0.2) is 0 Å². The minimum absolute atomic E-state index is 1.20. The van der Waals surface area contributed by atoms with E-state index in [1.807, 2.05) is 0 Å². The predicted molar refractivity (Wildman–Crippen MR) is 51.3 cm³/mol. The van der Waals surface area contributed by atoms with Gasteiger partial charge in [0.25, 0.3) is 0 Å². The lowest BCUT2D eigenvalue weighted by atomic mass is 10.2. The van der Waals surface area contributed by atoms with Crippen LogP contribution in [-0.2, 0) is 0 Å². The zero-order valence-electron chi connectivity index (χ0n) is 6.02. The van der Waals surface area contributed by atoms with E-state index < -0.39 is 0 Å². The summed E-state index contributed by atoms with van der Waals surface area (Å²) < 4.78 is 1.20. The smallest absolute Gasteiger partial charge is 0.0704 e. The second-order valence-electron chi connectivity index (χ2n) is 2.11. The SMILES string of the molecule is CC=C(C)c1csc(Br)c1. The minimum Gasteiger partial charge on any atom is -0.136 e. The Labute approximate surface area is 73.7 Å². The van der Waals surface area contributed by atoms with Crippen molar-refractivity contribution in [2.24, 2.45) is 0 Å². The van der Waals surface area contributed by atoms with Crippen molar-refractivity contribution in [3.8, 4) is 0 Å². The molecule has 1 aromatic heterocycles. The molecule has 0 radical (unpaired) electrons. The van der Waals surface area contributed by atoms with Gasteiger partial charge in [-0.3, -0.25) is 0 Å². The normalized spacial score (nSPS) is 12.1. The number of rotatable bonds is 1. The van der Waals surface area contributed by atoms with E-state index >= 15 is 0 Å². The van der Waals surface area contributed by atoms with Crippen molar-refractivity contribution in [2.75, 3.05) is 0 Å². The summed E-state index contributed by atoms with van der Waals surface area (Å²) in [6.45, 7) is 4.18. The van der Waals surface area contributed by atoms with Crippen LogP contribution in [0.2, 0.25) is 0 Å². The van der Waals surface area contributed by atoms with E-state index in [-0.39, 0.29) is 0 Å². The van der Waals surface area contributed by atoms with Crippen molar-refractivity contribution in [3.63, 3.8) is 0 Å². The molecule has 0 N–H and O–H groups in total. The molecule has 0 fully saturated rings. The van der Waals surface area contributed by atoms with Crippen LogP contribution in [0.1, 0.15) is 19.4 Å². The Bertz CT molecular complexity index is 248. The van der Waals surface area contributed by atoms with Gasteiger partial charge in [0, 0.05) is 0 Å². The third-order valence-corrected chi connectivity index (χ3v) is 2.96. The van der Waals surface area contributed by atoms with Crippen molar-refractivity contribution < 1.29 is 0 Å². The zero-order valence-corrected chi connectivity index (χ0v) is 8.42. The molecule has 0 bridgehead atoms. The van der Waals surface area contributed by atoms with Crippen LogP contribution in [0.5, 0.6) is 0 Å². The van der Waals surface area contributed by atoms with Crippen LogP contribution in [0.15, 0.2) is 21.3 Å². The third-order valence-electron chi connectivity index (χ3n) is 1.46. The Morgan fingerprint density at radius 2 is 2.40 bits per heavy atom. The number of allylic oxidation sites excluding steroid dienone is 2. The van der Waals surface area contributed by atoms with Gasteiger partial charge < -0.3 is 0 Å². The maximum absolute atomic E-state index is 3.42. The Morgan fingerprint density at radius 3 is 2.80 bits per heavy atom. The Morgan fingerprint density at radius 1 is 1.70 bits per heavy atom. The molecule has 0 aliphatic rings. The molecule has 0 aliphatic heterocycles. The Balaban J connectivity index is 2.95. The lowest BCUT2D eigenvalue weighted by Gasteiger charge is -1.91. The molecule has 0 amide bonds. The standard InChI is InChI=1S/C8H9BrS/c1-3-6(2)7-4-8(9)10-5-7/h3-5H,1-2H3. The summed E-state index contributed by atoms with van der Waals surface area (Å²) >= 11 is 5.14. The summed E-state index contributed by atoms with van der Waals surface area (Å²) in [6, 6.07) is 2.14. The van der Waals surface area contributed by atoms with Gasteiger partial charge in [-0.2, -0.15) is 0 Å². The quantitative estimate of drug-likeness (QED) is 0.668. The van der Waals surface area contributed by atoms with Crippen molar-refractivity contribution >= 4 is 32.8 Å². The molecule has 54 valence electrons. The third kappa shape index (κ3) is 1.70. The number of thiophene rings is 1.